The van der Waals surface area contributed by atoms with Gasteiger partial charge in [0.1, 0.15) is 23.7 Å². The van der Waals surface area contributed by atoms with E-state index in [1.54, 1.807) is 37.3 Å². The summed E-state index contributed by atoms with van der Waals surface area (Å²) in [7, 11) is 10.7. The summed E-state index contributed by atoms with van der Waals surface area (Å²) in [4.78, 5) is 131. The summed E-state index contributed by atoms with van der Waals surface area (Å²) >= 11 is 0. The number of fused-ring (bicyclic) bond motifs is 3. The maximum atomic E-state index is 11.7. The van der Waals surface area contributed by atoms with Crippen LogP contribution in [0.3, 0.4) is 0 Å². The molecular formula is C67H90N18O20. The van der Waals surface area contributed by atoms with Gasteiger partial charge in [-0.3, -0.25) is 84.2 Å². The van der Waals surface area contributed by atoms with E-state index in [0.29, 0.717) is 55.4 Å². The number of carbonyl (C=O) groups is 5. The van der Waals surface area contributed by atoms with Crippen LogP contribution in [0.5, 0.6) is 0 Å². The van der Waals surface area contributed by atoms with E-state index >= 15 is 0 Å². The van der Waals surface area contributed by atoms with E-state index in [1.165, 1.54) is 106 Å². The summed E-state index contributed by atoms with van der Waals surface area (Å²) in [5.41, 5.74) is 17.2. The fourth-order valence-electron chi connectivity index (χ4n) is 11.0. The van der Waals surface area contributed by atoms with Gasteiger partial charge >= 0.3 is 6.09 Å². The topological polar surface area (TPSA) is 472 Å². The zero-order valence-electron chi connectivity index (χ0n) is 59.5. The molecule has 0 atom stereocenters. The minimum Gasteiger partial charge on any atom is -0.447 e. The van der Waals surface area contributed by atoms with E-state index in [2.05, 4.69) is 102 Å². The van der Waals surface area contributed by atoms with Gasteiger partial charge in [0.2, 0.25) is 0 Å². The lowest BCUT2D eigenvalue weighted by molar-refractivity contribution is -0.385. The normalized spacial score (nSPS) is 14.4. The molecule has 0 unspecified atom stereocenters. The summed E-state index contributed by atoms with van der Waals surface area (Å²) in [6.45, 7) is 15.6. The Morgan fingerprint density at radius 3 is 1.10 bits per heavy atom. The first-order chi connectivity index (χ1) is 50.5. The molecule has 11 rings (SSSR count). The number of nitrogens with one attached hydrogen (secondary N) is 8. The van der Waals surface area contributed by atoms with Crippen molar-refractivity contribution in [3.63, 3.8) is 0 Å². The van der Waals surface area contributed by atoms with Crippen molar-refractivity contribution in [3.8, 4) is 11.1 Å². The standard InChI is InChI=1S/C16H15NO3.C13H18N4O4.2C12H16N4O4.C9H10N2O4.C4H10N2.CH5NO/c1-19-17-16(18)20-10-15-13-8-4-2-6-11(13)12-7-3-5-9-14(12)15;1-15-5-7-16(8-6-15)11-4-3-10(13(18)14-21-2)9-12(11)17(19)20;1-14-4-6-15(7-5-14)10-3-2-9(12(17)13-18)8-11(10)16(19)20;1-20-14-12(17)9-2-3-10(11(8-9)16(18)19)15-6-4-13-5-7-15;1-6-3-4-7(9(12)10-15-2)5-8(6)11(13)14;1-2-6-4-3-5-1;1-3-2/h2-9,15H,10H2,1H3,(H,17,18);3-4,9H,5-8H2,1-2H3,(H,14,18);2-3,8,18H,4-7H2,1H3,(H,13,17);2-3,8,13H,4-7H2,1H3,(H,14,17);3-5H,1-2H3,(H,10,12);5-6H,1-4H2;2H2,1H3. The minimum absolute atomic E-state index is 0.0528. The third-order valence-corrected chi connectivity index (χ3v) is 16.3. The van der Waals surface area contributed by atoms with Crippen LogP contribution in [0.1, 0.15) is 64.0 Å². The van der Waals surface area contributed by atoms with Crippen LogP contribution in [-0.4, -0.2) is 225 Å². The maximum Gasteiger partial charge on any atom is 0.431 e. The molecule has 1 aliphatic carbocycles. The molecule has 0 aromatic heterocycles. The fourth-order valence-corrected chi connectivity index (χ4v) is 11.0. The van der Waals surface area contributed by atoms with E-state index in [-0.39, 0.29) is 50.9 Å². The molecule has 4 aliphatic heterocycles. The molecule has 38 nitrogen and oxygen atoms in total. The number of likely N-dealkylation sites (N-methyl/N-ethyl adjacent to an activating group) is 2. The average Bonchev–Trinajstić information content (AvgIpc) is 1.63. The van der Waals surface area contributed by atoms with Crippen LogP contribution in [-0.2, 0) is 28.9 Å². The number of carbonyl (C=O) groups excluding carboxylic acids is 5. The van der Waals surface area contributed by atoms with Gasteiger partial charge in [0.05, 0.1) is 55.2 Å². The molecule has 4 heterocycles. The number of rotatable bonds is 17. The highest BCUT2D eigenvalue weighted by molar-refractivity contribution is 5.97. The Morgan fingerprint density at radius 1 is 0.457 bits per heavy atom. The van der Waals surface area contributed by atoms with E-state index in [4.69, 9.17) is 9.94 Å². The Labute approximate surface area is 604 Å². The lowest BCUT2D eigenvalue weighted by Gasteiger charge is -2.33. The number of nitro benzene ring substituents is 4. The number of hydrogen-bond donors (Lipinski definition) is 10. The first-order valence-electron chi connectivity index (χ1n) is 32.6. The van der Waals surface area contributed by atoms with E-state index in [9.17, 15) is 64.4 Å². The first-order valence-corrected chi connectivity index (χ1v) is 32.6. The number of nitro groups is 4. The molecule has 0 radical (unpaired) electrons. The Balaban J connectivity index is 0.000000229. The molecule has 105 heavy (non-hydrogen) atoms. The SMILES string of the molecule is C1CNCCN1.CN1CCN(c2ccc(C(=O)NO)cc2[N+](=O)[O-])CC1.CON.CONC(=O)OCC1c2ccccc2-c2ccccc21.CONC(=O)c1ccc(C)c([N+](=O)[O-])c1.CONC(=O)c1ccc(N2CCN(C)CC2)c([N+](=O)[O-])c1.CONC(=O)c1ccc(N2CCNCC2)c([N+](=O)[O-])c1. The third kappa shape index (κ3) is 26.0. The van der Waals surface area contributed by atoms with Crippen LogP contribution < -0.4 is 63.9 Å². The summed E-state index contributed by atoms with van der Waals surface area (Å²) in [5, 5.41) is 62.4. The van der Waals surface area contributed by atoms with Crippen LogP contribution in [0.25, 0.3) is 11.1 Å². The smallest absolute Gasteiger partial charge is 0.431 e. The van der Waals surface area contributed by atoms with Crippen LogP contribution in [0.15, 0.2) is 121 Å². The number of hydroxylamine groups is 5. The van der Waals surface area contributed by atoms with Gasteiger partial charge in [0.25, 0.3) is 46.4 Å². The zero-order valence-corrected chi connectivity index (χ0v) is 59.5. The molecule has 4 fully saturated rings. The van der Waals surface area contributed by atoms with Gasteiger partial charge in [-0.25, -0.2) is 32.6 Å². The van der Waals surface area contributed by atoms with Crippen molar-refractivity contribution in [2.24, 2.45) is 5.90 Å². The molecule has 0 bridgehead atoms. The second-order valence-corrected chi connectivity index (χ2v) is 23.2. The van der Waals surface area contributed by atoms with Crippen molar-refractivity contribution in [1.82, 2.24) is 53.2 Å². The van der Waals surface area contributed by atoms with E-state index in [1.807, 2.05) is 53.1 Å². The molecule has 38 heteroatoms. The van der Waals surface area contributed by atoms with Gasteiger partial charge in [-0.1, -0.05) is 54.6 Å². The van der Waals surface area contributed by atoms with Crippen LogP contribution in [0.4, 0.5) is 44.6 Å². The lowest BCUT2D eigenvalue weighted by Crippen LogP contribution is -2.44. The van der Waals surface area contributed by atoms with Gasteiger partial charge in [-0.05, 0) is 85.7 Å². The molecule has 4 saturated heterocycles. The van der Waals surface area contributed by atoms with Gasteiger partial charge in [0, 0.05) is 163 Å². The third-order valence-electron chi connectivity index (χ3n) is 16.3. The number of hydrogen-bond acceptors (Lipinski definition) is 29. The Bertz CT molecular complexity index is 3810. The molecule has 6 aromatic carbocycles. The fraction of sp³-hybridized carbons (Fsp3) is 0.388. The summed E-state index contributed by atoms with van der Waals surface area (Å²) in [5.74, 6) is 2.12. The van der Waals surface area contributed by atoms with Crippen molar-refractivity contribution in [1.29, 1.82) is 0 Å². The number of nitrogens with zero attached hydrogens (tertiary/aromatic N) is 9. The second-order valence-electron chi connectivity index (χ2n) is 23.2. The van der Waals surface area contributed by atoms with Crippen LogP contribution >= 0.6 is 0 Å². The highest BCUT2D eigenvalue weighted by atomic mass is 16.7. The Morgan fingerprint density at radius 2 is 0.771 bits per heavy atom. The number of benzene rings is 6. The molecule has 5 aliphatic rings. The molecule has 6 aromatic rings. The average molecular weight is 1470 g/mol. The molecule has 11 N–H and O–H groups in total. The van der Waals surface area contributed by atoms with Crippen molar-refractivity contribution in [2.45, 2.75) is 12.8 Å². The summed E-state index contributed by atoms with van der Waals surface area (Å²) in [6.07, 6.45) is -0.575. The maximum absolute atomic E-state index is 11.7. The predicted octanol–water partition coefficient (Wildman–Crippen LogP) is 4.37. The van der Waals surface area contributed by atoms with Gasteiger partial charge < -0.3 is 50.0 Å². The highest BCUT2D eigenvalue weighted by Crippen LogP contribution is 2.44. The lowest BCUT2D eigenvalue weighted by atomic mass is 9.98. The number of anilines is 3. The van der Waals surface area contributed by atoms with Gasteiger partial charge in [-0.2, -0.15) is 5.48 Å². The van der Waals surface area contributed by atoms with Crippen molar-refractivity contribution < 1.29 is 77.8 Å². The van der Waals surface area contributed by atoms with Crippen molar-refractivity contribution in [2.75, 3.05) is 176 Å². The van der Waals surface area contributed by atoms with Gasteiger partial charge in [-0.15, -0.1) is 0 Å². The molecule has 5 amide bonds. The van der Waals surface area contributed by atoms with E-state index in [0.717, 1.165) is 78.5 Å². The number of nitrogens with two attached hydrogens (primary N) is 1. The summed E-state index contributed by atoms with van der Waals surface area (Å²) < 4.78 is 5.21. The quantitative estimate of drug-likeness (QED) is 0.0344. The number of piperazine rings is 4. The summed E-state index contributed by atoms with van der Waals surface area (Å²) in [6, 6.07) is 33.7. The number of amides is 5. The largest absolute Gasteiger partial charge is 0.447 e. The van der Waals surface area contributed by atoms with E-state index < -0.39 is 49.4 Å². The molecular weight excluding hydrogens is 1380 g/mol. The highest BCUT2D eigenvalue weighted by Gasteiger charge is 2.31. The Kier molecular flexibility index (Phi) is 35.9. The molecule has 0 spiro atoms. The molecule has 0 saturated carbocycles. The van der Waals surface area contributed by atoms with Crippen LogP contribution in [0.2, 0.25) is 0 Å². The van der Waals surface area contributed by atoms with Crippen LogP contribution in [0, 0.1) is 47.4 Å². The predicted molar refractivity (Wildman–Crippen MR) is 386 cm³/mol. The monoisotopic (exact) mass is 1470 g/mol. The molecule has 568 valence electrons. The number of aryl methyl sites for hydroxylation is 1. The first kappa shape index (κ1) is 84.6. The Hall–Kier alpha value is -11.0. The zero-order chi connectivity index (χ0) is 77.0. The van der Waals surface area contributed by atoms with Gasteiger partial charge in [0.15, 0.2) is 0 Å². The minimum atomic E-state index is -0.766. The second kappa shape index (κ2) is 44.5. The van der Waals surface area contributed by atoms with Crippen molar-refractivity contribution >= 4 is 69.5 Å². The van der Waals surface area contributed by atoms with Crippen molar-refractivity contribution in [3.05, 3.63) is 201 Å². The number of ether oxygens (including phenoxy) is 1.